The van der Waals surface area contributed by atoms with Crippen LogP contribution in [0.4, 0.5) is 0 Å². The van der Waals surface area contributed by atoms with Crippen molar-refractivity contribution in [2.24, 2.45) is 11.5 Å². The number of carbonyl (C=O) groups excluding carboxylic acids is 1. The summed E-state index contributed by atoms with van der Waals surface area (Å²) in [6, 6.07) is -0.671. The van der Waals surface area contributed by atoms with Gasteiger partial charge in [-0.3, -0.25) is 4.79 Å². The molecule has 1 aliphatic rings. The van der Waals surface area contributed by atoms with Gasteiger partial charge < -0.3 is 11.5 Å². The average molecular weight is 235 g/mol. The third-order valence-electron chi connectivity index (χ3n) is 2.77. The summed E-state index contributed by atoms with van der Waals surface area (Å²) in [4.78, 5) is 10.9. The van der Waals surface area contributed by atoms with Crippen LogP contribution in [0.25, 0.3) is 0 Å². The number of carbonyl (C=O) groups is 1. The van der Waals surface area contributed by atoms with Crippen molar-refractivity contribution in [2.75, 3.05) is 13.1 Å². The highest BCUT2D eigenvalue weighted by molar-refractivity contribution is 7.89. The van der Waals surface area contributed by atoms with E-state index in [4.69, 9.17) is 11.5 Å². The molecule has 1 fully saturated rings. The van der Waals surface area contributed by atoms with Crippen LogP contribution in [-0.2, 0) is 14.8 Å². The van der Waals surface area contributed by atoms with E-state index < -0.39 is 27.2 Å². The zero-order chi connectivity index (χ0) is 11.6. The highest BCUT2D eigenvalue weighted by Crippen LogP contribution is 2.24. The molecule has 88 valence electrons. The summed E-state index contributed by atoms with van der Waals surface area (Å²) in [6.07, 6.45) is 0.955. The van der Waals surface area contributed by atoms with Crippen molar-refractivity contribution in [1.29, 1.82) is 0 Å². The second-order valence-corrected chi connectivity index (χ2v) is 5.79. The number of amides is 1. The standard InChI is InChI=1S/C8H17N3O3S/c1-2-6(5-9)15(13,14)11-4-3-7(11)8(10)12/h6-7H,2-5,9H2,1H3,(H2,10,12). The molecule has 1 amide bonds. The van der Waals surface area contributed by atoms with E-state index in [-0.39, 0.29) is 6.54 Å². The summed E-state index contributed by atoms with van der Waals surface area (Å²) in [5.74, 6) is -0.586. The number of hydrogen-bond donors (Lipinski definition) is 2. The number of nitrogens with zero attached hydrogens (tertiary/aromatic N) is 1. The molecule has 0 radical (unpaired) electrons. The van der Waals surface area contributed by atoms with Crippen LogP contribution in [0, 0.1) is 0 Å². The summed E-state index contributed by atoms with van der Waals surface area (Å²) in [7, 11) is -3.45. The lowest BCUT2D eigenvalue weighted by Crippen LogP contribution is -2.59. The van der Waals surface area contributed by atoms with Gasteiger partial charge in [-0.1, -0.05) is 6.92 Å². The average Bonchev–Trinajstić information content (AvgIpc) is 2.00. The monoisotopic (exact) mass is 235 g/mol. The second-order valence-electron chi connectivity index (χ2n) is 3.63. The summed E-state index contributed by atoms with van der Waals surface area (Å²) < 4.78 is 25.0. The van der Waals surface area contributed by atoms with Gasteiger partial charge in [0, 0.05) is 13.1 Å². The summed E-state index contributed by atoms with van der Waals surface area (Å²) in [5.41, 5.74) is 10.5. The van der Waals surface area contributed by atoms with E-state index in [1.165, 1.54) is 0 Å². The highest BCUT2D eigenvalue weighted by Gasteiger charge is 2.43. The Morgan fingerprint density at radius 2 is 2.20 bits per heavy atom. The predicted octanol–water partition coefficient (Wildman–Crippen LogP) is -1.39. The molecule has 4 N–H and O–H groups in total. The minimum absolute atomic E-state index is 0.0703. The lowest BCUT2D eigenvalue weighted by molar-refractivity contribution is -0.124. The van der Waals surface area contributed by atoms with Crippen molar-refractivity contribution in [3.8, 4) is 0 Å². The first-order chi connectivity index (χ1) is 6.95. The fourth-order valence-electron chi connectivity index (χ4n) is 1.64. The minimum Gasteiger partial charge on any atom is -0.368 e. The molecule has 1 heterocycles. The van der Waals surface area contributed by atoms with Crippen LogP contribution in [-0.4, -0.2) is 43.0 Å². The van der Waals surface area contributed by atoms with E-state index >= 15 is 0 Å². The van der Waals surface area contributed by atoms with E-state index in [0.717, 1.165) is 4.31 Å². The zero-order valence-electron chi connectivity index (χ0n) is 8.72. The van der Waals surface area contributed by atoms with E-state index in [1.807, 2.05) is 0 Å². The van der Waals surface area contributed by atoms with Crippen LogP contribution >= 0.6 is 0 Å². The molecule has 1 saturated heterocycles. The van der Waals surface area contributed by atoms with E-state index in [0.29, 0.717) is 19.4 Å². The fourth-order valence-corrected chi connectivity index (χ4v) is 3.61. The summed E-state index contributed by atoms with van der Waals surface area (Å²) in [5, 5.41) is -0.611. The summed E-state index contributed by atoms with van der Waals surface area (Å²) in [6.45, 7) is 2.20. The normalized spacial score (nSPS) is 24.5. The van der Waals surface area contributed by atoms with Gasteiger partial charge in [-0.05, 0) is 12.8 Å². The maximum Gasteiger partial charge on any atom is 0.235 e. The molecule has 1 aliphatic heterocycles. The van der Waals surface area contributed by atoms with Crippen LogP contribution in [0.3, 0.4) is 0 Å². The Labute approximate surface area is 89.6 Å². The van der Waals surface area contributed by atoms with Crippen molar-refractivity contribution in [3.63, 3.8) is 0 Å². The highest BCUT2D eigenvalue weighted by atomic mass is 32.2. The van der Waals surface area contributed by atoms with Crippen molar-refractivity contribution >= 4 is 15.9 Å². The van der Waals surface area contributed by atoms with Crippen LogP contribution in [0.1, 0.15) is 19.8 Å². The molecule has 0 aromatic carbocycles. The predicted molar refractivity (Wildman–Crippen MR) is 56.4 cm³/mol. The van der Waals surface area contributed by atoms with Crippen LogP contribution < -0.4 is 11.5 Å². The topological polar surface area (TPSA) is 106 Å². The third-order valence-corrected chi connectivity index (χ3v) is 5.22. The molecule has 0 spiro atoms. The molecule has 0 saturated carbocycles. The van der Waals surface area contributed by atoms with Gasteiger partial charge in [0.15, 0.2) is 0 Å². The fraction of sp³-hybridized carbons (Fsp3) is 0.875. The van der Waals surface area contributed by atoms with Crippen molar-refractivity contribution < 1.29 is 13.2 Å². The Morgan fingerprint density at radius 3 is 2.47 bits per heavy atom. The first-order valence-corrected chi connectivity index (χ1v) is 6.45. The van der Waals surface area contributed by atoms with Crippen LogP contribution in [0.15, 0.2) is 0 Å². The maximum absolute atomic E-state index is 11.9. The Bertz CT molecular complexity index is 337. The van der Waals surface area contributed by atoms with Gasteiger partial charge in [-0.2, -0.15) is 4.31 Å². The Balaban J connectivity index is 2.83. The molecular formula is C8H17N3O3S. The van der Waals surface area contributed by atoms with E-state index in [9.17, 15) is 13.2 Å². The van der Waals surface area contributed by atoms with Crippen LogP contribution in [0.2, 0.25) is 0 Å². The first kappa shape index (κ1) is 12.4. The van der Waals surface area contributed by atoms with Gasteiger partial charge in [0.2, 0.25) is 15.9 Å². The Morgan fingerprint density at radius 1 is 1.60 bits per heavy atom. The smallest absolute Gasteiger partial charge is 0.235 e. The molecule has 6 nitrogen and oxygen atoms in total. The van der Waals surface area contributed by atoms with Crippen molar-refractivity contribution in [2.45, 2.75) is 31.1 Å². The zero-order valence-corrected chi connectivity index (χ0v) is 9.53. The van der Waals surface area contributed by atoms with Gasteiger partial charge in [-0.25, -0.2) is 8.42 Å². The Hall–Kier alpha value is -0.660. The lowest BCUT2D eigenvalue weighted by Gasteiger charge is -2.39. The van der Waals surface area contributed by atoms with Gasteiger partial charge in [-0.15, -0.1) is 0 Å². The quantitative estimate of drug-likeness (QED) is 0.612. The van der Waals surface area contributed by atoms with Crippen molar-refractivity contribution in [1.82, 2.24) is 4.31 Å². The molecule has 2 atom stereocenters. The number of sulfonamides is 1. The molecule has 15 heavy (non-hydrogen) atoms. The molecule has 0 bridgehead atoms. The molecule has 1 rings (SSSR count). The van der Waals surface area contributed by atoms with E-state index in [1.54, 1.807) is 6.92 Å². The number of primary amides is 1. The molecule has 0 aromatic rings. The molecular weight excluding hydrogens is 218 g/mol. The molecule has 7 heteroatoms. The maximum atomic E-state index is 11.9. The number of nitrogens with two attached hydrogens (primary N) is 2. The largest absolute Gasteiger partial charge is 0.368 e. The minimum atomic E-state index is -3.45. The van der Waals surface area contributed by atoms with E-state index in [2.05, 4.69) is 0 Å². The summed E-state index contributed by atoms with van der Waals surface area (Å²) >= 11 is 0. The third kappa shape index (κ3) is 2.14. The molecule has 0 aliphatic carbocycles. The Kier molecular flexibility index (Phi) is 3.69. The van der Waals surface area contributed by atoms with Crippen LogP contribution in [0.5, 0.6) is 0 Å². The van der Waals surface area contributed by atoms with Gasteiger partial charge in [0.1, 0.15) is 6.04 Å². The number of rotatable bonds is 5. The lowest BCUT2D eigenvalue weighted by atomic mass is 10.1. The van der Waals surface area contributed by atoms with Gasteiger partial charge in [0.25, 0.3) is 0 Å². The SMILES string of the molecule is CCC(CN)S(=O)(=O)N1CCC1C(N)=O. The van der Waals surface area contributed by atoms with Crippen molar-refractivity contribution in [3.05, 3.63) is 0 Å². The molecule has 2 unspecified atom stereocenters. The first-order valence-electron chi connectivity index (χ1n) is 4.95. The van der Waals surface area contributed by atoms with Gasteiger partial charge in [0.05, 0.1) is 5.25 Å². The number of hydrogen-bond acceptors (Lipinski definition) is 4. The second kappa shape index (κ2) is 4.46. The van der Waals surface area contributed by atoms with Gasteiger partial charge >= 0.3 is 0 Å². The molecule has 0 aromatic heterocycles.